The number of aromatic nitrogens is 5. The fourth-order valence-electron chi connectivity index (χ4n) is 3.84. The second kappa shape index (κ2) is 10.4. The minimum absolute atomic E-state index is 0.0297. The maximum atomic E-state index is 13.4. The smallest absolute Gasteiger partial charge is 0.476 e. The number of pyridine rings is 1. The molecule has 0 saturated carbocycles. The Kier molecular flexibility index (Phi) is 7.78. The number of carbonyl (C=O) groups excluding carboxylic acids is 1. The zero-order valence-corrected chi connectivity index (χ0v) is 25.2. The lowest BCUT2D eigenvalue weighted by Gasteiger charge is -2.32. The normalized spacial score (nSPS) is 17.0. The van der Waals surface area contributed by atoms with Crippen LogP contribution in [0.3, 0.4) is 0 Å². The summed E-state index contributed by atoms with van der Waals surface area (Å²) < 4.78 is 87.7. The summed E-state index contributed by atoms with van der Waals surface area (Å²) in [6.07, 6.45) is -1.79. The molecule has 1 N–H and O–H groups in total. The van der Waals surface area contributed by atoms with Crippen LogP contribution in [0.2, 0.25) is 0 Å². The number of nitrogens with one attached hydrogen (secondary N) is 1. The van der Waals surface area contributed by atoms with E-state index in [2.05, 4.69) is 15.2 Å². The summed E-state index contributed by atoms with van der Waals surface area (Å²) in [6, 6.07) is 4.09. The first-order valence-electron chi connectivity index (χ1n) is 12.8. The van der Waals surface area contributed by atoms with Gasteiger partial charge in [-0.05, 0) is 60.6 Å². The Labute approximate surface area is 241 Å². The van der Waals surface area contributed by atoms with Gasteiger partial charge in [0.2, 0.25) is 5.88 Å². The van der Waals surface area contributed by atoms with E-state index < -0.39 is 52.4 Å². The second-order valence-corrected chi connectivity index (χ2v) is 13.3. The van der Waals surface area contributed by atoms with E-state index in [4.69, 9.17) is 14.0 Å². The van der Waals surface area contributed by atoms with Crippen molar-refractivity contribution in [2.45, 2.75) is 70.7 Å². The van der Waals surface area contributed by atoms with E-state index in [1.54, 1.807) is 34.7 Å². The lowest BCUT2D eigenvalue weighted by molar-refractivity contribution is -0.219. The first kappa shape index (κ1) is 31.5. The first-order chi connectivity index (χ1) is 19.1. The standard InChI is InChI=1S/C25H32BF3N6O6S/c1-15-17(13-34(8)31-15)42(37,38)33-21(36)16-9-10-18(30-20(16)26-40-23(4,5)24(6,7)41-26)35-12-11-19(32-35)39-14-22(2,3)25(27,28)29/h9-13H,14H2,1-8H3,(H,33,36). The highest BCUT2D eigenvalue weighted by atomic mass is 32.2. The summed E-state index contributed by atoms with van der Waals surface area (Å²) in [5.41, 5.74) is -3.72. The van der Waals surface area contributed by atoms with Gasteiger partial charge in [-0.2, -0.15) is 18.3 Å². The highest BCUT2D eigenvalue weighted by Crippen LogP contribution is 2.38. The van der Waals surface area contributed by atoms with Gasteiger partial charge < -0.3 is 14.0 Å². The van der Waals surface area contributed by atoms with Crippen LogP contribution < -0.4 is 15.1 Å². The molecular formula is C25H32BF3N6O6S. The highest BCUT2D eigenvalue weighted by Gasteiger charge is 2.53. The van der Waals surface area contributed by atoms with E-state index in [1.807, 2.05) is 4.72 Å². The van der Waals surface area contributed by atoms with E-state index in [0.29, 0.717) is 0 Å². The lowest BCUT2D eigenvalue weighted by atomic mass is 9.80. The van der Waals surface area contributed by atoms with Crippen molar-refractivity contribution in [3.05, 3.63) is 41.9 Å². The summed E-state index contributed by atoms with van der Waals surface area (Å²) in [5, 5.41) is 8.17. The molecule has 0 atom stereocenters. The molecule has 1 aliphatic heterocycles. The molecule has 0 spiro atoms. The van der Waals surface area contributed by atoms with E-state index >= 15 is 0 Å². The Bertz CT molecular complexity index is 1600. The van der Waals surface area contributed by atoms with Crippen LogP contribution in [0.1, 0.15) is 57.6 Å². The zero-order valence-electron chi connectivity index (χ0n) is 24.4. The molecule has 3 aromatic rings. The summed E-state index contributed by atoms with van der Waals surface area (Å²) in [4.78, 5) is 17.7. The maximum Gasteiger partial charge on any atom is 0.515 e. The number of rotatable bonds is 8. The van der Waals surface area contributed by atoms with Gasteiger partial charge in [0.05, 0.1) is 33.5 Å². The van der Waals surface area contributed by atoms with Gasteiger partial charge in [-0.3, -0.25) is 9.48 Å². The fraction of sp³-hybridized carbons (Fsp3) is 0.520. The molecule has 17 heteroatoms. The monoisotopic (exact) mass is 612 g/mol. The molecule has 4 rings (SSSR count). The minimum atomic E-state index is -4.48. The summed E-state index contributed by atoms with van der Waals surface area (Å²) in [7, 11) is -3.92. The van der Waals surface area contributed by atoms with Crippen molar-refractivity contribution in [2.75, 3.05) is 6.61 Å². The molecule has 1 saturated heterocycles. The van der Waals surface area contributed by atoms with Crippen LogP contribution in [0.15, 0.2) is 35.5 Å². The molecule has 12 nitrogen and oxygen atoms in total. The molecule has 0 unspecified atom stereocenters. The number of aryl methyl sites for hydroxylation is 2. The van der Waals surface area contributed by atoms with E-state index in [0.717, 1.165) is 13.8 Å². The highest BCUT2D eigenvalue weighted by molar-refractivity contribution is 7.90. The predicted molar refractivity (Wildman–Crippen MR) is 145 cm³/mol. The van der Waals surface area contributed by atoms with Crippen LogP contribution in [0.25, 0.3) is 5.82 Å². The molecule has 0 aromatic carbocycles. The van der Waals surface area contributed by atoms with Gasteiger partial charge in [0.15, 0.2) is 5.82 Å². The summed E-state index contributed by atoms with van der Waals surface area (Å²) >= 11 is 0. The van der Waals surface area contributed by atoms with Crippen LogP contribution in [0.4, 0.5) is 13.2 Å². The van der Waals surface area contributed by atoms with Crippen molar-refractivity contribution in [1.29, 1.82) is 0 Å². The topological polar surface area (TPSA) is 139 Å². The van der Waals surface area contributed by atoms with Crippen molar-refractivity contribution < 1.29 is 40.4 Å². The Morgan fingerprint density at radius 3 is 2.26 bits per heavy atom. The van der Waals surface area contributed by atoms with Crippen molar-refractivity contribution in [3.63, 3.8) is 0 Å². The van der Waals surface area contributed by atoms with E-state index in [9.17, 15) is 26.4 Å². The third kappa shape index (κ3) is 6.03. The molecule has 42 heavy (non-hydrogen) atoms. The van der Waals surface area contributed by atoms with Crippen molar-refractivity contribution in [1.82, 2.24) is 29.3 Å². The molecular weight excluding hydrogens is 580 g/mol. The molecule has 228 valence electrons. The number of alkyl halides is 3. The quantitative estimate of drug-likeness (QED) is 0.381. The number of hydrogen-bond donors (Lipinski definition) is 1. The summed E-state index contributed by atoms with van der Waals surface area (Å²) in [6.45, 7) is 10.1. The molecule has 4 heterocycles. The van der Waals surface area contributed by atoms with Gasteiger partial charge in [-0.25, -0.2) is 22.8 Å². The van der Waals surface area contributed by atoms with Crippen LogP contribution >= 0.6 is 0 Å². The summed E-state index contributed by atoms with van der Waals surface area (Å²) in [5.74, 6) is -0.917. The fourth-order valence-corrected chi connectivity index (χ4v) is 5.02. The largest absolute Gasteiger partial charge is 0.515 e. The van der Waals surface area contributed by atoms with Crippen molar-refractivity contribution in [2.24, 2.45) is 12.5 Å². The molecule has 0 radical (unpaired) electrons. The van der Waals surface area contributed by atoms with Crippen molar-refractivity contribution >= 4 is 28.6 Å². The van der Waals surface area contributed by atoms with Gasteiger partial charge in [-0.1, -0.05) is 0 Å². The number of carbonyl (C=O) groups is 1. The van der Waals surface area contributed by atoms with Gasteiger partial charge in [0.25, 0.3) is 15.9 Å². The second-order valence-electron chi connectivity index (χ2n) is 11.6. The van der Waals surface area contributed by atoms with E-state index in [1.165, 1.54) is 46.9 Å². The van der Waals surface area contributed by atoms with Gasteiger partial charge in [0, 0.05) is 25.5 Å². The average molecular weight is 612 g/mol. The Morgan fingerprint density at radius 2 is 1.71 bits per heavy atom. The van der Waals surface area contributed by atoms with E-state index in [-0.39, 0.29) is 33.4 Å². The molecule has 0 bridgehead atoms. The number of nitrogens with zero attached hydrogens (tertiary/aromatic N) is 5. The Balaban J connectivity index is 1.68. The maximum absolute atomic E-state index is 13.4. The Morgan fingerprint density at radius 1 is 1.10 bits per heavy atom. The van der Waals surface area contributed by atoms with Gasteiger partial charge >= 0.3 is 13.3 Å². The van der Waals surface area contributed by atoms with Crippen LogP contribution in [-0.4, -0.2) is 70.0 Å². The molecule has 1 amide bonds. The minimum Gasteiger partial charge on any atom is -0.476 e. The molecule has 1 aliphatic rings. The van der Waals surface area contributed by atoms with Gasteiger partial charge in [0.1, 0.15) is 11.5 Å². The van der Waals surface area contributed by atoms with Crippen LogP contribution in [0, 0.1) is 12.3 Å². The predicted octanol–water partition coefficient (Wildman–Crippen LogP) is 2.69. The average Bonchev–Trinajstić information content (AvgIpc) is 3.52. The Hall–Kier alpha value is -3.44. The number of hydrogen-bond acceptors (Lipinski definition) is 9. The molecule has 1 fully saturated rings. The molecule has 0 aliphatic carbocycles. The first-order valence-corrected chi connectivity index (χ1v) is 14.3. The van der Waals surface area contributed by atoms with Crippen LogP contribution in [-0.2, 0) is 26.4 Å². The number of halogens is 3. The number of ether oxygens (including phenoxy) is 1. The SMILES string of the molecule is Cc1nn(C)cc1S(=O)(=O)NC(=O)c1ccc(-n2ccc(OCC(C)(C)C(F)(F)F)n2)nc1B1OC(C)(C)C(C)(C)O1. The van der Waals surface area contributed by atoms with Crippen molar-refractivity contribution in [3.8, 4) is 11.7 Å². The molecule has 3 aromatic heterocycles. The zero-order chi connectivity index (χ0) is 31.5. The third-order valence-electron chi connectivity index (χ3n) is 7.26. The van der Waals surface area contributed by atoms with Crippen LogP contribution in [0.5, 0.6) is 5.88 Å². The number of amides is 1. The van der Waals surface area contributed by atoms with Gasteiger partial charge in [-0.15, -0.1) is 5.10 Å². The number of sulfonamides is 1. The third-order valence-corrected chi connectivity index (χ3v) is 8.70. The lowest BCUT2D eigenvalue weighted by Crippen LogP contribution is -2.44.